The maximum atomic E-state index is 12.1. The molecular weight excluding hydrogens is 294 g/mol. The van der Waals surface area contributed by atoms with E-state index in [4.69, 9.17) is 15.2 Å². The Morgan fingerprint density at radius 2 is 1.83 bits per heavy atom. The van der Waals surface area contributed by atoms with Gasteiger partial charge in [-0.1, -0.05) is 18.2 Å². The zero-order valence-electron chi connectivity index (χ0n) is 12.7. The Morgan fingerprint density at radius 3 is 2.48 bits per heavy atom. The smallest absolute Gasteiger partial charge is 0.255 e. The average Bonchev–Trinajstić information content (AvgIpc) is 2.58. The molecule has 0 aliphatic carbocycles. The molecule has 0 aliphatic rings. The number of hydrogen-bond acceptors (Lipinski definition) is 4. The first-order valence-electron chi connectivity index (χ1n) is 6.96. The van der Waals surface area contributed by atoms with Crippen LogP contribution in [0, 0.1) is 0 Å². The van der Waals surface area contributed by atoms with Gasteiger partial charge in [-0.2, -0.15) is 0 Å². The molecule has 118 valence electrons. The molecular formula is C18H17NO4. The van der Waals surface area contributed by atoms with Crippen molar-refractivity contribution in [1.29, 1.82) is 0 Å². The number of allylic oxidation sites excluding steroid dienone is 1. The molecule has 0 fully saturated rings. The van der Waals surface area contributed by atoms with Crippen molar-refractivity contribution in [3.05, 3.63) is 65.7 Å². The lowest BCUT2D eigenvalue weighted by Crippen LogP contribution is -2.19. The predicted molar refractivity (Wildman–Crippen MR) is 87.5 cm³/mol. The summed E-state index contributed by atoms with van der Waals surface area (Å²) in [5.41, 5.74) is 6.40. The molecule has 2 rings (SSSR count). The van der Waals surface area contributed by atoms with Gasteiger partial charge in [-0.05, 0) is 48.0 Å². The van der Waals surface area contributed by atoms with Crippen LogP contribution in [0.3, 0.4) is 0 Å². The third kappa shape index (κ3) is 5.00. The van der Waals surface area contributed by atoms with Gasteiger partial charge >= 0.3 is 0 Å². The van der Waals surface area contributed by atoms with Gasteiger partial charge in [0.25, 0.3) is 5.91 Å². The molecule has 0 saturated carbocycles. The van der Waals surface area contributed by atoms with Crippen LogP contribution in [0.15, 0.2) is 54.6 Å². The monoisotopic (exact) mass is 311 g/mol. The Labute approximate surface area is 134 Å². The molecule has 5 nitrogen and oxygen atoms in total. The molecule has 23 heavy (non-hydrogen) atoms. The number of ether oxygens (including phenoxy) is 2. The third-order valence-corrected chi connectivity index (χ3v) is 3.04. The number of rotatable bonds is 7. The Morgan fingerprint density at radius 1 is 1.09 bits per heavy atom. The number of benzene rings is 2. The lowest BCUT2D eigenvalue weighted by molar-refractivity contribution is -0.119. The minimum Gasteiger partial charge on any atom is -0.497 e. The van der Waals surface area contributed by atoms with Crippen LogP contribution >= 0.6 is 0 Å². The minimum atomic E-state index is -0.550. The van der Waals surface area contributed by atoms with E-state index in [0.717, 1.165) is 11.3 Å². The normalized spacial score (nSPS) is 10.5. The summed E-state index contributed by atoms with van der Waals surface area (Å²) in [5.74, 6) is 0.535. The van der Waals surface area contributed by atoms with Gasteiger partial charge in [0.1, 0.15) is 11.5 Å². The maximum Gasteiger partial charge on any atom is 0.255 e. The van der Waals surface area contributed by atoms with Crippen LogP contribution in [-0.2, 0) is 4.79 Å². The van der Waals surface area contributed by atoms with E-state index in [-0.39, 0.29) is 12.4 Å². The Balaban J connectivity index is 2.02. The highest BCUT2D eigenvalue weighted by molar-refractivity contribution is 6.06. The number of amides is 1. The fourth-order valence-electron chi connectivity index (χ4n) is 1.88. The van der Waals surface area contributed by atoms with E-state index in [9.17, 15) is 9.59 Å². The molecule has 0 spiro atoms. The molecule has 0 radical (unpaired) electrons. The van der Waals surface area contributed by atoms with Gasteiger partial charge in [0, 0.05) is 5.56 Å². The van der Waals surface area contributed by atoms with Crippen molar-refractivity contribution in [2.75, 3.05) is 13.7 Å². The Kier molecular flexibility index (Phi) is 5.52. The molecule has 0 aromatic heterocycles. The van der Waals surface area contributed by atoms with E-state index in [1.165, 1.54) is 6.08 Å². The van der Waals surface area contributed by atoms with Gasteiger partial charge in [0.05, 0.1) is 7.11 Å². The van der Waals surface area contributed by atoms with Crippen molar-refractivity contribution in [2.45, 2.75) is 0 Å². The van der Waals surface area contributed by atoms with Gasteiger partial charge in [-0.25, -0.2) is 0 Å². The van der Waals surface area contributed by atoms with Crippen LogP contribution in [-0.4, -0.2) is 25.4 Å². The summed E-state index contributed by atoms with van der Waals surface area (Å²) in [6, 6.07) is 13.9. The number of nitrogens with two attached hydrogens (primary N) is 1. The van der Waals surface area contributed by atoms with Crippen LogP contribution in [0.4, 0.5) is 0 Å². The first-order chi connectivity index (χ1) is 11.1. The molecule has 2 aromatic rings. The molecule has 0 aliphatic heterocycles. The second-order valence-electron chi connectivity index (χ2n) is 4.75. The van der Waals surface area contributed by atoms with Gasteiger partial charge < -0.3 is 15.2 Å². The summed E-state index contributed by atoms with van der Waals surface area (Å²) in [6.45, 7) is -0.191. The van der Waals surface area contributed by atoms with Crippen molar-refractivity contribution < 1.29 is 19.1 Å². The number of carbonyl (C=O) groups is 2. The third-order valence-electron chi connectivity index (χ3n) is 3.04. The maximum absolute atomic E-state index is 12.1. The van der Waals surface area contributed by atoms with Crippen LogP contribution in [0.5, 0.6) is 11.5 Å². The standard InChI is InChI=1S/C18H17NO4/c1-22-16-4-2-3-13(11-16)5-10-17(20)14-6-8-15(9-7-14)23-12-18(19)21/h2-11H,12H2,1H3,(H2,19,21)/b10-5+. The largest absolute Gasteiger partial charge is 0.497 e. The summed E-state index contributed by atoms with van der Waals surface area (Å²) in [5, 5.41) is 0. The highest BCUT2D eigenvalue weighted by Crippen LogP contribution is 2.15. The molecule has 0 bridgehead atoms. The van der Waals surface area contributed by atoms with Crippen LogP contribution in [0.1, 0.15) is 15.9 Å². The fraction of sp³-hybridized carbons (Fsp3) is 0.111. The fourth-order valence-corrected chi connectivity index (χ4v) is 1.88. The highest BCUT2D eigenvalue weighted by atomic mass is 16.5. The van der Waals surface area contributed by atoms with Gasteiger partial charge in [-0.3, -0.25) is 9.59 Å². The Hall–Kier alpha value is -3.08. The van der Waals surface area contributed by atoms with E-state index >= 15 is 0 Å². The van der Waals surface area contributed by atoms with Crippen molar-refractivity contribution in [3.63, 3.8) is 0 Å². The molecule has 0 unspecified atom stereocenters. The quantitative estimate of drug-likeness (QED) is 0.629. The SMILES string of the molecule is COc1cccc(/C=C/C(=O)c2ccc(OCC(N)=O)cc2)c1. The highest BCUT2D eigenvalue weighted by Gasteiger charge is 2.03. The molecule has 5 heteroatoms. The number of methoxy groups -OCH3 is 1. The summed E-state index contributed by atoms with van der Waals surface area (Å²) < 4.78 is 10.3. The molecule has 2 N–H and O–H groups in total. The lowest BCUT2D eigenvalue weighted by Gasteiger charge is -2.04. The van der Waals surface area contributed by atoms with Crippen LogP contribution in [0.25, 0.3) is 6.08 Å². The molecule has 0 atom stereocenters. The average molecular weight is 311 g/mol. The van der Waals surface area contributed by atoms with Crippen LogP contribution < -0.4 is 15.2 Å². The first kappa shape index (κ1) is 16.3. The van der Waals surface area contributed by atoms with E-state index in [2.05, 4.69) is 0 Å². The molecule has 0 saturated heterocycles. The lowest BCUT2D eigenvalue weighted by atomic mass is 10.1. The van der Waals surface area contributed by atoms with Crippen molar-refractivity contribution in [3.8, 4) is 11.5 Å². The zero-order valence-corrected chi connectivity index (χ0v) is 12.7. The first-order valence-corrected chi connectivity index (χ1v) is 6.96. The van der Waals surface area contributed by atoms with E-state index in [0.29, 0.717) is 11.3 Å². The second kappa shape index (κ2) is 7.79. The number of primary amides is 1. The van der Waals surface area contributed by atoms with Crippen molar-refractivity contribution >= 4 is 17.8 Å². The van der Waals surface area contributed by atoms with E-state index in [1.54, 1.807) is 37.5 Å². The summed E-state index contributed by atoms with van der Waals surface area (Å²) in [6.07, 6.45) is 3.22. The molecule has 2 aromatic carbocycles. The van der Waals surface area contributed by atoms with Crippen LogP contribution in [0.2, 0.25) is 0 Å². The Bertz CT molecular complexity index is 720. The number of hydrogen-bond donors (Lipinski definition) is 1. The second-order valence-corrected chi connectivity index (χ2v) is 4.75. The number of carbonyl (C=O) groups excluding carboxylic acids is 2. The van der Waals surface area contributed by atoms with Gasteiger partial charge in [0.15, 0.2) is 12.4 Å². The number of ketones is 1. The van der Waals surface area contributed by atoms with Gasteiger partial charge in [0.2, 0.25) is 0 Å². The van der Waals surface area contributed by atoms with Crippen molar-refractivity contribution in [2.24, 2.45) is 5.73 Å². The minimum absolute atomic E-state index is 0.130. The van der Waals surface area contributed by atoms with E-state index in [1.807, 2.05) is 24.3 Å². The molecule has 0 heterocycles. The summed E-state index contributed by atoms with van der Waals surface area (Å²) >= 11 is 0. The molecule has 1 amide bonds. The van der Waals surface area contributed by atoms with E-state index < -0.39 is 5.91 Å². The van der Waals surface area contributed by atoms with Gasteiger partial charge in [-0.15, -0.1) is 0 Å². The van der Waals surface area contributed by atoms with Crippen molar-refractivity contribution in [1.82, 2.24) is 0 Å². The summed E-state index contributed by atoms with van der Waals surface area (Å²) in [7, 11) is 1.59. The topological polar surface area (TPSA) is 78.6 Å². The predicted octanol–water partition coefficient (Wildman–Crippen LogP) is 2.46. The summed E-state index contributed by atoms with van der Waals surface area (Å²) in [4.78, 5) is 22.8. The zero-order chi connectivity index (χ0) is 16.7.